The Kier molecular flexibility index (Phi) is 9.19. The first-order valence-electron chi connectivity index (χ1n) is 14.5. The molecule has 0 aliphatic carbocycles. The molecule has 2 unspecified atom stereocenters. The van der Waals surface area contributed by atoms with Gasteiger partial charge in [-0.15, -0.1) is 0 Å². The molecule has 5 rings (SSSR count). The molecular formula is C34H32F3N3O6. The molecule has 0 bridgehead atoms. The summed E-state index contributed by atoms with van der Waals surface area (Å²) < 4.78 is 53.3. The monoisotopic (exact) mass is 635 g/mol. The van der Waals surface area contributed by atoms with Gasteiger partial charge in [0.15, 0.2) is 11.9 Å². The van der Waals surface area contributed by atoms with Crippen LogP contribution in [0.2, 0.25) is 0 Å². The number of hydrogen-bond donors (Lipinski definition) is 2. The number of para-hydroxylation sites is 1. The van der Waals surface area contributed by atoms with E-state index in [-0.39, 0.29) is 17.8 Å². The molecule has 0 saturated carbocycles. The lowest BCUT2D eigenvalue weighted by molar-refractivity contribution is -0.215. The van der Waals surface area contributed by atoms with E-state index >= 15 is 0 Å². The van der Waals surface area contributed by atoms with Crippen LogP contribution in [0.15, 0.2) is 89.7 Å². The minimum atomic E-state index is -4.96. The van der Waals surface area contributed by atoms with E-state index in [2.05, 4.69) is 5.32 Å². The molecule has 3 aromatic carbocycles. The molecule has 0 aliphatic heterocycles. The van der Waals surface area contributed by atoms with Gasteiger partial charge in [-0.25, -0.2) is 4.79 Å². The zero-order chi connectivity index (χ0) is 33.2. The summed E-state index contributed by atoms with van der Waals surface area (Å²) in [5.41, 5.74) is 1.76. The number of halogens is 3. The maximum atomic E-state index is 14.5. The second kappa shape index (κ2) is 13.1. The van der Waals surface area contributed by atoms with E-state index in [9.17, 15) is 32.7 Å². The van der Waals surface area contributed by atoms with Crippen LogP contribution in [0.3, 0.4) is 0 Å². The van der Waals surface area contributed by atoms with Crippen molar-refractivity contribution >= 4 is 33.9 Å². The van der Waals surface area contributed by atoms with Gasteiger partial charge in [-0.3, -0.25) is 14.2 Å². The molecule has 0 fully saturated rings. The molecule has 1 amide bonds. The number of ether oxygens (including phenoxy) is 2. The number of rotatable bonds is 9. The maximum absolute atomic E-state index is 14.5. The summed E-state index contributed by atoms with van der Waals surface area (Å²) in [5, 5.41) is 13.4. The van der Waals surface area contributed by atoms with Crippen LogP contribution >= 0.6 is 0 Å². The summed E-state index contributed by atoms with van der Waals surface area (Å²) in [7, 11) is 1.18. The van der Waals surface area contributed by atoms with Crippen LogP contribution in [-0.4, -0.2) is 51.7 Å². The molecule has 9 nitrogen and oxygen atoms in total. The molecule has 0 spiro atoms. The molecule has 2 atom stereocenters. The van der Waals surface area contributed by atoms with Gasteiger partial charge in [-0.05, 0) is 29.2 Å². The lowest BCUT2D eigenvalue weighted by Crippen LogP contribution is -2.53. The van der Waals surface area contributed by atoms with Gasteiger partial charge >= 0.3 is 12.3 Å². The van der Waals surface area contributed by atoms with Gasteiger partial charge in [0, 0.05) is 17.3 Å². The molecule has 0 saturated heterocycles. The Hall–Kier alpha value is -5.10. The van der Waals surface area contributed by atoms with Crippen LogP contribution in [0.4, 0.5) is 18.0 Å². The highest BCUT2D eigenvalue weighted by atomic mass is 19.4. The first-order chi connectivity index (χ1) is 21.9. The second-order valence-corrected chi connectivity index (χ2v) is 11.2. The summed E-state index contributed by atoms with van der Waals surface area (Å²) in [6, 6.07) is 23.1. The molecular weight excluding hydrogens is 603 g/mol. The maximum Gasteiger partial charge on any atom is 0.513 e. The predicted octanol–water partition coefficient (Wildman–Crippen LogP) is 5.88. The van der Waals surface area contributed by atoms with E-state index < -0.39 is 48.4 Å². The van der Waals surface area contributed by atoms with Crippen LogP contribution in [0.1, 0.15) is 19.4 Å². The third kappa shape index (κ3) is 6.47. The Morgan fingerprint density at radius 1 is 0.891 bits per heavy atom. The summed E-state index contributed by atoms with van der Waals surface area (Å²) >= 11 is 0. The fourth-order valence-electron chi connectivity index (χ4n) is 5.56. The Morgan fingerprint density at radius 2 is 1.54 bits per heavy atom. The lowest BCUT2D eigenvalue weighted by Gasteiger charge is -2.29. The first kappa shape index (κ1) is 32.3. The number of nitrogens with zero attached hydrogens (tertiary/aromatic N) is 2. The number of aromatic nitrogens is 2. The van der Waals surface area contributed by atoms with Crippen LogP contribution in [0.5, 0.6) is 5.75 Å². The van der Waals surface area contributed by atoms with E-state index in [0.29, 0.717) is 27.5 Å². The van der Waals surface area contributed by atoms with E-state index in [1.165, 1.54) is 25.5 Å². The van der Waals surface area contributed by atoms with Crippen molar-refractivity contribution in [2.75, 3.05) is 7.11 Å². The Bertz CT molecular complexity index is 1940. The number of pyridine rings is 1. The quantitative estimate of drug-likeness (QED) is 0.155. The number of alkyl halides is 3. The Balaban J connectivity index is 1.75. The average Bonchev–Trinajstić information content (AvgIpc) is 3.35. The van der Waals surface area contributed by atoms with E-state index in [1.54, 1.807) is 59.2 Å². The van der Waals surface area contributed by atoms with Crippen LogP contribution < -0.4 is 15.6 Å². The number of carbonyl (C=O) groups is 2. The molecule has 46 heavy (non-hydrogen) atoms. The van der Waals surface area contributed by atoms with Crippen molar-refractivity contribution in [3.63, 3.8) is 0 Å². The van der Waals surface area contributed by atoms with Crippen LogP contribution in [0, 0.1) is 5.92 Å². The SMILES string of the molecule is COC(=O)Oc1cccc2c3cc(-c4ccccc4)n(CC(=O)NC(C(C)C)C(O)C(F)(F)F)c(=O)c3n(Cc3ccccc3)c12. The third-order valence-corrected chi connectivity index (χ3v) is 7.74. The molecule has 12 heteroatoms. The summed E-state index contributed by atoms with van der Waals surface area (Å²) in [4.78, 5) is 40.1. The van der Waals surface area contributed by atoms with Gasteiger partial charge in [0.25, 0.3) is 5.56 Å². The van der Waals surface area contributed by atoms with Crippen molar-refractivity contribution in [1.82, 2.24) is 14.5 Å². The van der Waals surface area contributed by atoms with Crippen molar-refractivity contribution < 1.29 is 37.3 Å². The van der Waals surface area contributed by atoms with Crippen molar-refractivity contribution in [3.05, 3.63) is 101 Å². The second-order valence-electron chi connectivity index (χ2n) is 11.2. The normalized spacial score (nSPS) is 13.1. The highest BCUT2D eigenvalue weighted by Gasteiger charge is 2.45. The number of hydrogen-bond acceptors (Lipinski definition) is 6. The van der Waals surface area contributed by atoms with E-state index in [4.69, 9.17) is 9.47 Å². The smallest absolute Gasteiger partial charge is 0.437 e. The number of nitrogens with one attached hydrogen (secondary N) is 1. The largest absolute Gasteiger partial charge is 0.513 e. The van der Waals surface area contributed by atoms with Gasteiger partial charge in [0.1, 0.15) is 12.1 Å². The molecule has 2 N–H and O–H groups in total. The average molecular weight is 636 g/mol. The lowest BCUT2D eigenvalue weighted by atomic mass is 9.98. The highest BCUT2D eigenvalue weighted by molar-refractivity contribution is 6.11. The van der Waals surface area contributed by atoms with Crippen molar-refractivity contribution in [1.29, 1.82) is 0 Å². The first-order valence-corrected chi connectivity index (χ1v) is 14.5. The molecule has 2 aromatic heterocycles. The molecule has 2 heterocycles. The number of benzene rings is 3. The van der Waals surface area contributed by atoms with Crippen molar-refractivity contribution in [2.24, 2.45) is 5.92 Å². The number of aliphatic hydroxyl groups excluding tert-OH is 1. The Labute approximate surface area is 261 Å². The molecule has 0 radical (unpaired) electrons. The van der Waals surface area contributed by atoms with Crippen LogP contribution in [0.25, 0.3) is 33.1 Å². The predicted molar refractivity (Wildman–Crippen MR) is 167 cm³/mol. The highest BCUT2D eigenvalue weighted by Crippen LogP contribution is 2.36. The zero-order valence-electron chi connectivity index (χ0n) is 25.2. The number of fused-ring (bicyclic) bond motifs is 3. The van der Waals surface area contributed by atoms with Crippen molar-refractivity contribution in [3.8, 4) is 17.0 Å². The molecule has 5 aromatic rings. The van der Waals surface area contributed by atoms with Gasteiger partial charge < -0.3 is 24.5 Å². The van der Waals surface area contributed by atoms with Gasteiger partial charge in [-0.2, -0.15) is 13.2 Å². The van der Waals surface area contributed by atoms with Gasteiger partial charge in [-0.1, -0.05) is 86.6 Å². The number of carbonyl (C=O) groups excluding carboxylic acids is 2. The molecule has 0 aliphatic rings. The summed E-state index contributed by atoms with van der Waals surface area (Å²) in [5.74, 6) is -1.52. The number of aliphatic hydroxyl groups is 1. The minimum absolute atomic E-state index is 0.141. The third-order valence-electron chi connectivity index (χ3n) is 7.74. The Morgan fingerprint density at radius 3 is 2.15 bits per heavy atom. The van der Waals surface area contributed by atoms with Crippen LogP contribution in [-0.2, 0) is 22.6 Å². The fourth-order valence-corrected chi connectivity index (χ4v) is 5.56. The van der Waals surface area contributed by atoms with Crippen molar-refractivity contribution in [2.45, 2.75) is 45.3 Å². The van der Waals surface area contributed by atoms with Gasteiger partial charge in [0.2, 0.25) is 5.91 Å². The fraction of sp³-hybridized carbons (Fsp3) is 0.265. The zero-order valence-corrected chi connectivity index (χ0v) is 25.2. The van der Waals surface area contributed by atoms with E-state index in [1.807, 2.05) is 30.3 Å². The summed E-state index contributed by atoms with van der Waals surface area (Å²) in [6.07, 6.45) is -8.72. The van der Waals surface area contributed by atoms with Gasteiger partial charge in [0.05, 0.1) is 24.4 Å². The number of methoxy groups -OCH3 is 1. The number of amides is 1. The van der Waals surface area contributed by atoms with E-state index in [0.717, 1.165) is 5.56 Å². The standard InChI is InChI=1S/C34H32F3N3O6/c1-20(2)28(31(42)34(35,36)37)38-27(41)19-39-25(22-13-8-5-9-14-22)17-24-23-15-10-16-26(46-33(44)45-3)29(23)40(30(24)32(39)43)18-21-11-6-4-7-12-21/h4-17,20,28,31,42H,18-19H2,1-3H3,(H,38,41). The summed E-state index contributed by atoms with van der Waals surface area (Å²) in [6.45, 7) is 2.44. The minimum Gasteiger partial charge on any atom is -0.437 e. The topological polar surface area (TPSA) is 112 Å². The molecule has 240 valence electrons.